The third-order valence-corrected chi connectivity index (χ3v) is 3.51. The largest absolute Gasteiger partial charge is 0.457 e. The first-order valence-electron chi connectivity index (χ1n) is 6.01. The van der Waals surface area contributed by atoms with Crippen molar-refractivity contribution in [1.82, 2.24) is 0 Å². The van der Waals surface area contributed by atoms with Gasteiger partial charge in [-0.05, 0) is 48.4 Å². The second-order valence-electron chi connectivity index (χ2n) is 4.47. The maximum Gasteiger partial charge on any atom is 0.419 e. The Labute approximate surface area is 127 Å². The van der Waals surface area contributed by atoms with Gasteiger partial charge in [-0.15, -0.1) is 0 Å². The molecule has 0 heterocycles. The van der Waals surface area contributed by atoms with Crippen molar-refractivity contribution in [2.24, 2.45) is 0 Å². The second-order valence-corrected chi connectivity index (χ2v) is 5.04. The van der Waals surface area contributed by atoms with Gasteiger partial charge in [0.15, 0.2) is 0 Å². The van der Waals surface area contributed by atoms with E-state index < -0.39 is 17.6 Å². The Morgan fingerprint density at radius 1 is 1.10 bits per heavy atom. The lowest BCUT2D eigenvalue weighted by molar-refractivity contribution is -0.138. The molecule has 112 valence electrons. The van der Waals surface area contributed by atoms with Gasteiger partial charge in [-0.2, -0.15) is 13.2 Å². The lowest BCUT2D eigenvalue weighted by Crippen LogP contribution is -2.08. The molecule has 0 saturated heterocycles. The molecule has 1 nitrogen and oxygen atoms in total. The normalized spacial score (nSPS) is 11.5. The predicted molar refractivity (Wildman–Crippen MR) is 75.3 cm³/mol. The van der Waals surface area contributed by atoms with Crippen molar-refractivity contribution < 1.29 is 22.3 Å². The maximum absolute atomic E-state index is 13.2. The first kappa shape index (κ1) is 15.8. The Hall–Kier alpha value is -1.56. The monoisotopic (exact) mass is 362 g/mol. The van der Waals surface area contributed by atoms with Gasteiger partial charge < -0.3 is 4.74 Å². The van der Waals surface area contributed by atoms with Gasteiger partial charge in [-0.25, -0.2) is 4.39 Å². The van der Waals surface area contributed by atoms with Crippen LogP contribution in [0.1, 0.15) is 16.7 Å². The van der Waals surface area contributed by atoms with Crippen LogP contribution in [0.4, 0.5) is 17.6 Å². The van der Waals surface area contributed by atoms with Crippen molar-refractivity contribution in [3.63, 3.8) is 0 Å². The molecule has 0 aliphatic rings. The van der Waals surface area contributed by atoms with Gasteiger partial charge in [-0.1, -0.05) is 22.0 Å². The van der Waals surface area contributed by atoms with Crippen molar-refractivity contribution in [2.45, 2.75) is 18.4 Å². The SMILES string of the molecule is Cc1cc(Oc2ccc(CBr)cc2C(F)(F)F)ccc1F. The molecule has 0 amide bonds. The van der Waals surface area contributed by atoms with E-state index >= 15 is 0 Å². The molecular weight excluding hydrogens is 352 g/mol. The first-order valence-corrected chi connectivity index (χ1v) is 7.13. The highest BCUT2D eigenvalue weighted by atomic mass is 79.9. The quantitative estimate of drug-likeness (QED) is 0.492. The van der Waals surface area contributed by atoms with E-state index in [1.807, 2.05) is 0 Å². The summed E-state index contributed by atoms with van der Waals surface area (Å²) in [5, 5.41) is 0.312. The van der Waals surface area contributed by atoms with Gasteiger partial charge in [0.05, 0.1) is 5.56 Å². The van der Waals surface area contributed by atoms with E-state index in [0.717, 1.165) is 12.1 Å². The Morgan fingerprint density at radius 2 is 1.81 bits per heavy atom. The van der Waals surface area contributed by atoms with Crippen LogP contribution in [0.15, 0.2) is 36.4 Å². The zero-order valence-corrected chi connectivity index (χ0v) is 12.6. The van der Waals surface area contributed by atoms with Crippen molar-refractivity contribution in [1.29, 1.82) is 0 Å². The fourth-order valence-corrected chi connectivity index (χ4v) is 2.13. The molecule has 0 aliphatic carbocycles. The first-order chi connectivity index (χ1) is 9.81. The van der Waals surface area contributed by atoms with E-state index in [1.165, 1.54) is 31.2 Å². The molecule has 0 spiro atoms. The zero-order valence-electron chi connectivity index (χ0n) is 11.0. The average molecular weight is 363 g/mol. The fourth-order valence-electron chi connectivity index (χ4n) is 1.78. The van der Waals surface area contributed by atoms with Crippen LogP contribution < -0.4 is 4.74 Å². The minimum atomic E-state index is -4.53. The van der Waals surface area contributed by atoms with E-state index in [9.17, 15) is 17.6 Å². The highest BCUT2D eigenvalue weighted by molar-refractivity contribution is 9.08. The van der Waals surface area contributed by atoms with Crippen LogP contribution in [-0.4, -0.2) is 0 Å². The summed E-state index contributed by atoms with van der Waals surface area (Å²) >= 11 is 3.12. The third kappa shape index (κ3) is 3.75. The van der Waals surface area contributed by atoms with Gasteiger partial charge >= 0.3 is 6.18 Å². The van der Waals surface area contributed by atoms with Gasteiger partial charge in [0.1, 0.15) is 17.3 Å². The molecule has 0 saturated carbocycles. The molecule has 0 atom stereocenters. The highest BCUT2D eigenvalue weighted by Crippen LogP contribution is 2.39. The van der Waals surface area contributed by atoms with Crippen LogP contribution in [0.25, 0.3) is 0 Å². The Balaban J connectivity index is 2.41. The van der Waals surface area contributed by atoms with Crippen molar-refractivity contribution in [3.8, 4) is 11.5 Å². The summed E-state index contributed by atoms with van der Waals surface area (Å²) in [5.41, 5.74) is -0.0653. The summed E-state index contributed by atoms with van der Waals surface area (Å²) < 4.78 is 57.6. The molecule has 0 aromatic heterocycles. The molecule has 2 rings (SSSR count). The van der Waals surface area contributed by atoms with E-state index in [4.69, 9.17) is 4.74 Å². The number of benzene rings is 2. The molecule has 2 aromatic carbocycles. The molecule has 0 radical (unpaired) electrons. The number of hydrogen-bond donors (Lipinski definition) is 0. The molecule has 0 bridgehead atoms. The zero-order chi connectivity index (χ0) is 15.6. The summed E-state index contributed by atoms with van der Waals surface area (Å²) in [4.78, 5) is 0. The lowest BCUT2D eigenvalue weighted by atomic mass is 10.1. The van der Waals surface area contributed by atoms with E-state index in [-0.39, 0.29) is 11.5 Å². The summed E-state index contributed by atoms with van der Waals surface area (Å²) in [7, 11) is 0. The summed E-state index contributed by atoms with van der Waals surface area (Å²) in [6, 6.07) is 7.63. The number of alkyl halides is 4. The summed E-state index contributed by atoms with van der Waals surface area (Å²) in [6.07, 6.45) is -4.53. The Bertz CT molecular complexity index is 653. The molecule has 2 aromatic rings. The minimum Gasteiger partial charge on any atom is -0.457 e. The maximum atomic E-state index is 13.2. The predicted octanol–water partition coefficient (Wildman–Crippen LogP) is 5.84. The van der Waals surface area contributed by atoms with Gasteiger partial charge in [0, 0.05) is 5.33 Å². The van der Waals surface area contributed by atoms with E-state index in [0.29, 0.717) is 16.5 Å². The standard InChI is InChI=1S/C15H11BrF4O/c1-9-6-11(3-4-13(9)17)21-14-5-2-10(8-16)7-12(14)15(18,19)20/h2-7H,8H2,1H3. The third-order valence-electron chi connectivity index (χ3n) is 2.86. The number of halogens is 5. The van der Waals surface area contributed by atoms with Crippen LogP contribution in [0.3, 0.4) is 0 Å². The van der Waals surface area contributed by atoms with Crippen molar-refractivity contribution in [2.75, 3.05) is 0 Å². The molecule has 0 unspecified atom stereocenters. The number of aryl methyl sites for hydroxylation is 1. The van der Waals surface area contributed by atoms with Gasteiger partial charge in [0.2, 0.25) is 0 Å². The van der Waals surface area contributed by atoms with Crippen LogP contribution in [0.5, 0.6) is 11.5 Å². The molecule has 0 N–H and O–H groups in total. The van der Waals surface area contributed by atoms with E-state index in [1.54, 1.807) is 0 Å². The minimum absolute atomic E-state index is 0.158. The van der Waals surface area contributed by atoms with Crippen molar-refractivity contribution in [3.05, 3.63) is 58.9 Å². The molecule has 21 heavy (non-hydrogen) atoms. The Morgan fingerprint density at radius 3 is 2.38 bits per heavy atom. The number of rotatable bonds is 3. The van der Waals surface area contributed by atoms with E-state index in [2.05, 4.69) is 15.9 Å². The van der Waals surface area contributed by atoms with Crippen LogP contribution in [-0.2, 0) is 11.5 Å². The van der Waals surface area contributed by atoms with Crippen molar-refractivity contribution >= 4 is 15.9 Å². The Kier molecular flexibility index (Phi) is 4.56. The van der Waals surface area contributed by atoms with Crippen LogP contribution in [0, 0.1) is 12.7 Å². The number of hydrogen-bond acceptors (Lipinski definition) is 1. The molecule has 0 aliphatic heterocycles. The summed E-state index contributed by atoms with van der Waals surface area (Å²) in [6.45, 7) is 1.51. The van der Waals surface area contributed by atoms with Gasteiger partial charge in [-0.3, -0.25) is 0 Å². The lowest BCUT2D eigenvalue weighted by Gasteiger charge is -2.15. The van der Waals surface area contributed by atoms with Gasteiger partial charge in [0.25, 0.3) is 0 Å². The van der Waals surface area contributed by atoms with Crippen LogP contribution >= 0.6 is 15.9 Å². The smallest absolute Gasteiger partial charge is 0.419 e. The second kappa shape index (κ2) is 6.05. The molecular formula is C15H11BrF4O. The average Bonchev–Trinajstić information content (AvgIpc) is 2.42. The van der Waals surface area contributed by atoms with Crippen LogP contribution in [0.2, 0.25) is 0 Å². The topological polar surface area (TPSA) is 9.23 Å². The molecule has 6 heteroatoms. The summed E-state index contributed by atoms with van der Waals surface area (Å²) in [5.74, 6) is -0.586. The fraction of sp³-hybridized carbons (Fsp3) is 0.200. The highest BCUT2D eigenvalue weighted by Gasteiger charge is 2.34. The number of ether oxygens (including phenoxy) is 1. The molecule has 0 fully saturated rings.